The van der Waals surface area contributed by atoms with Crippen LogP contribution in [0.2, 0.25) is 15.8 Å². The summed E-state index contributed by atoms with van der Waals surface area (Å²) in [6, 6.07) is 0. The van der Waals surface area contributed by atoms with Crippen LogP contribution in [0.25, 0.3) is 0 Å². The van der Waals surface area contributed by atoms with E-state index in [9.17, 15) is 0 Å². The molecular weight excluding hydrogens is 195 g/mol. The zero-order chi connectivity index (χ0) is 11.7. The van der Waals surface area contributed by atoms with Gasteiger partial charge < -0.3 is 0 Å². The third kappa shape index (κ3) is 10.8. The number of hydrogen-bond donors (Lipinski definition) is 0. The molecule has 0 saturated carbocycles. The third-order valence-corrected chi connectivity index (χ3v) is 6.79. The highest BCUT2D eigenvalue weighted by molar-refractivity contribution is 6.58. The van der Waals surface area contributed by atoms with E-state index in [1.807, 2.05) is 0 Å². The van der Waals surface area contributed by atoms with E-state index < -0.39 is 0 Å². The molecule has 0 saturated heterocycles. The third-order valence-electron chi connectivity index (χ3n) is 3.27. The van der Waals surface area contributed by atoms with Crippen molar-refractivity contribution in [1.29, 1.82) is 0 Å². The monoisotopic (exact) mass is 228 g/mol. The first kappa shape index (κ1) is 15.5. The molecule has 0 radical (unpaired) electrons. The Bertz CT molecular complexity index is 123. The maximum absolute atomic E-state index is 2.37. The molecule has 0 aromatic rings. The average molecular weight is 228 g/mol. The van der Waals surface area contributed by atoms with Crippen molar-refractivity contribution in [3.05, 3.63) is 0 Å². The van der Waals surface area contributed by atoms with Gasteiger partial charge in [0.25, 0.3) is 14.1 Å². The van der Waals surface area contributed by atoms with Crippen LogP contribution in [0.15, 0.2) is 0 Å². The highest BCUT2D eigenvalue weighted by atomic mass is 27.2. The quantitative estimate of drug-likeness (QED) is 0.449. The van der Waals surface area contributed by atoms with E-state index in [2.05, 4.69) is 34.6 Å². The SMILES string of the molecule is CCC[CH2][Al]([CH2]CC(C)C)[CH2]CC(C)C.[HH]. The molecule has 0 aliphatic rings. The van der Waals surface area contributed by atoms with Crippen LogP contribution >= 0.6 is 0 Å². The van der Waals surface area contributed by atoms with Crippen molar-refractivity contribution in [1.82, 2.24) is 0 Å². The fourth-order valence-electron chi connectivity index (χ4n) is 2.06. The fraction of sp³-hybridized carbons (Fsp3) is 1.00. The van der Waals surface area contributed by atoms with Gasteiger partial charge in [0, 0.05) is 1.43 Å². The van der Waals surface area contributed by atoms with Crippen LogP contribution in [0, 0.1) is 11.8 Å². The van der Waals surface area contributed by atoms with Crippen LogP contribution in [-0.2, 0) is 0 Å². The second-order valence-electron chi connectivity index (χ2n) is 5.95. The predicted octanol–water partition coefficient (Wildman–Crippen LogP) is 5.62. The van der Waals surface area contributed by atoms with Gasteiger partial charge in [-0.3, -0.25) is 0 Å². The molecule has 1 heteroatoms. The summed E-state index contributed by atoms with van der Waals surface area (Å²) in [5.74, 6) is 1.83. The summed E-state index contributed by atoms with van der Waals surface area (Å²) in [4.78, 5) is 0. The van der Waals surface area contributed by atoms with Crippen LogP contribution in [0.3, 0.4) is 0 Å². The lowest BCUT2D eigenvalue weighted by atomic mass is 10.2. The molecule has 0 unspecified atom stereocenters. The molecule has 0 N–H and O–H groups in total. The molecule has 92 valence electrons. The fourth-order valence-corrected chi connectivity index (χ4v) is 6.19. The Morgan fingerprint density at radius 2 is 1.33 bits per heavy atom. The summed E-state index contributed by atoms with van der Waals surface area (Å²) in [5, 5.41) is 4.81. The van der Waals surface area contributed by atoms with Gasteiger partial charge in [0.15, 0.2) is 0 Å². The molecule has 0 aliphatic heterocycles. The van der Waals surface area contributed by atoms with E-state index in [-0.39, 0.29) is 15.6 Å². The first-order valence-corrected chi connectivity index (χ1v) is 9.51. The van der Waals surface area contributed by atoms with Crippen molar-refractivity contribution < 1.29 is 1.43 Å². The lowest BCUT2D eigenvalue weighted by Crippen LogP contribution is -2.13. The Morgan fingerprint density at radius 3 is 1.67 bits per heavy atom. The molecule has 0 bridgehead atoms. The summed E-state index contributed by atoms with van der Waals surface area (Å²) < 4.78 is 0. The smallest absolute Gasteiger partial charge is 0.0939 e. The standard InChI is InChI=1S/2C5H11.C4H9.Al.H2/c2*1-4-5(2)3;1-3-4-2;;/h2*5H,1,4H2,2-3H3;1,3-4H2,2H3;;1H. The van der Waals surface area contributed by atoms with Gasteiger partial charge in [-0.2, -0.15) is 0 Å². The predicted molar refractivity (Wildman–Crippen MR) is 76.1 cm³/mol. The van der Waals surface area contributed by atoms with Gasteiger partial charge >= 0.3 is 0 Å². The van der Waals surface area contributed by atoms with Crippen molar-refractivity contribution >= 4 is 14.1 Å². The van der Waals surface area contributed by atoms with E-state index in [0.29, 0.717) is 0 Å². The van der Waals surface area contributed by atoms with E-state index in [1.54, 1.807) is 15.8 Å². The first-order valence-electron chi connectivity index (χ1n) is 7.06. The van der Waals surface area contributed by atoms with Gasteiger partial charge in [-0.1, -0.05) is 76.2 Å². The molecule has 0 amide bonds. The van der Waals surface area contributed by atoms with Gasteiger partial charge in [-0.25, -0.2) is 0 Å². The Balaban J connectivity index is 0. The van der Waals surface area contributed by atoms with Crippen molar-refractivity contribution in [2.45, 2.75) is 76.2 Å². The highest BCUT2D eigenvalue weighted by Crippen LogP contribution is 2.19. The highest BCUT2D eigenvalue weighted by Gasteiger charge is 2.16. The number of hydrogen-bond acceptors (Lipinski definition) is 0. The lowest BCUT2D eigenvalue weighted by molar-refractivity contribution is 0.604. The van der Waals surface area contributed by atoms with Crippen molar-refractivity contribution in [2.75, 3.05) is 0 Å². The Morgan fingerprint density at radius 1 is 0.867 bits per heavy atom. The Labute approximate surface area is 104 Å². The van der Waals surface area contributed by atoms with Gasteiger partial charge in [0.2, 0.25) is 0 Å². The molecule has 0 aromatic carbocycles. The Hall–Kier alpha value is 0.532. The van der Waals surface area contributed by atoms with Crippen molar-refractivity contribution in [3.8, 4) is 0 Å². The zero-order valence-corrected chi connectivity index (χ0v) is 12.8. The topological polar surface area (TPSA) is 0 Å². The van der Waals surface area contributed by atoms with Crippen LogP contribution in [0.5, 0.6) is 0 Å². The van der Waals surface area contributed by atoms with Crippen LogP contribution in [0.1, 0.15) is 61.7 Å². The summed E-state index contributed by atoms with van der Waals surface area (Å²) in [7, 11) is 0. The minimum atomic E-state index is -0.364. The molecule has 0 atom stereocenters. The molecule has 0 aromatic heterocycles. The summed E-state index contributed by atoms with van der Waals surface area (Å²) in [5.41, 5.74) is 0. The van der Waals surface area contributed by atoms with Crippen LogP contribution < -0.4 is 0 Å². The van der Waals surface area contributed by atoms with Crippen molar-refractivity contribution in [3.63, 3.8) is 0 Å². The Kier molecular flexibility index (Phi) is 10.1. The maximum atomic E-state index is 2.37. The van der Waals surface area contributed by atoms with E-state index in [0.717, 1.165) is 11.8 Å². The summed E-state index contributed by atoms with van der Waals surface area (Å²) in [6.07, 6.45) is 5.86. The number of rotatable bonds is 9. The summed E-state index contributed by atoms with van der Waals surface area (Å²) in [6.45, 7) is 11.8. The molecule has 0 fully saturated rings. The molecular formula is C14H33Al. The first-order chi connectivity index (χ1) is 7.06. The second kappa shape index (κ2) is 9.74. The second-order valence-corrected chi connectivity index (χ2v) is 9.41. The lowest BCUT2D eigenvalue weighted by Gasteiger charge is -2.14. The van der Waals surface area contributed by atoms with Gasteiger partial charge in [0.1, 0.15) is 0 Å². The molecule has 0 aliphatic carbocycles. The van der Waals surface area contributed by atoms with Crippen molar-refractivity contribution in [2.24, 2.45) is 11.8 Å². The summed E-state index contributed by atoms with van der Waals surface area (Å²) >= 11 is -0.364. The van der Waals surface area contributed by atoms with E-state index >= 15 is 0 Å². The molecule has 0 heterocycles. The minimum absolute atomic E-state index is 0. The minimum Gasteiger partial charge on any atom is -0.0939 e. The van der Waals surface area contributed by atoms with E-state index in [4.69, 9.17) is 0 Å². The van der Waals surface area contributed by atoms with Crippen LogP contribution in [0.4, 0.5) is 0 Å². The molecule has 0 rings (SSSR count). The molecule has 15 heavy (non-hydrogen) atoms. The van der Waals surface area contributed by atoms with E-state index in [1.165, 1.54) is 25.7 Å². The largest absolute Gasteiger partial charge is 0.261 e. The average Bonchev–Trinajstić information content (AvgIpc) is 2.16. The van der Waals surface area contributed by atoms with Gasteiger partial charge in [-0.15, -0.1) is 0 Å². The zero-order valence-electron chi connectivity index (χ0n) is 11.7. The number of unbranched alkanes of at least 4 members (excludes halogenated alkanes) is 1. The van der Waals surface area contributed by atoms with Crippen LogP contribution in [-0.4, -0.2) is 14.1 Å². The molecule has 0 nitrogen and oxygen atoms in total. The van der Waals surface area contributed by atoms with Gasteiger partial charge in [0.05, 0.1) is 0 Å². The van der Waals surface area contributed by atoms with Gasteiger partial charge in [-0.05, 0) is 11.8 Å². The molecule has 0 spiro atoms. The maximum Gasteiger partial charge on any atom is 0.261 e. The normalized spacial score (nSPS) is 11.4.